The zero-order valence-corrected chi connectivity index (χ0v) is 16.0. The molecule has 9 heteroatoms. The molecule has 1 aromatic carbocycles. The lowest BCUT2D eigenvalue weighted by Gasteiger charge is -2.17. The van der Waals surface area contributed by atoms with Crippen LogP contribution < -0.4 is 16.8 Å². The molecule has 0 aliphatic carbocycles. The average Bonchev–Trinajstić information content (AvgIpc) is 3.25. The van der Waals surface area contributed by atoms with Crippen LogP contribution in [0.15, 0.2) is 36.5 Å². The lowest BCUT2D eigenvalue weighted by Crippen LogP contribution is -2.41. The molecular weight excluding hydrogens is 393 g/mol. The maximum Gasteiger partial charge on any atom is 0.261 e. The second-order valence-corrected chi connectivity index (χ2v) is 7.61. The minimum absolute atomic E-state index is 0.190. The molecule has 1 atom stereocenters. The Morgan fingerprint density at radius 2 is 2.12 bits per heavy atom. The van der Waals surface area contributed by atoms with Crippen LogP contribution in [0, 0.1) is 0 Å². The number of nitrogens with two attached hydrogens (primary N) is 2. The lowest BCUT2D eigenvalue weighted by atomic mass is 10.1. The van der Waals surface area contributed by atoms with Crippen LogP contribution in [0.4, 0.5) is 5.95 Å². The number of nitrogen functional groups attached to an aromatic ring is 1. The zero-order valence-electron chi connectivity index (χ0n) is 13.6. The number of nitrogens with one attached hydrogen (secondary N) is 2. The summed E-state index contributed by atoms with van der Waals surface area (Å²) in [6.07, 6.45) is 2.22. The van der Waals surface area contributed by atoms with Crippen molar-refractivity contribution in [1.82, 2.24) is 15.3 Å². The fourth-order valence-electron chi connectivity index (χ4n) is 2.46. The van der Waals surface area contributed by atoms with Gasteiger partial charge in [0.15, 0.2) is 5.95 Å². The van der Waals surface area contributed by atoms with E-state index in [0.29, 0.717) is 39.5 Å². The summed E-state index contributed by atoms with van der Waals surface area (Å²) in [7, 11) is 0. The summed E-state index contributed by atoms with van der Waals surface area (Å²) in [6.45, 7) is 0.291. The van der Waals surface area contributed by atoms with E-state index >= 15 is 0 Å². The number of anilines is 1. The highest BCUT2D eigenvalue weighted by Crippen LogP contribution is 2.27. The number of hydrogen-bond acceptors (Lipinski definition) is 5. The maximum atomic E-state index is 12.5. The van der Waals surface area contributed by atoms with Gasteiger partial charge in [0, 0.05) is 28.8 Å². The molecule has 0 aliphatic rings. The Kier molecular flexibility index (Phi) is 5.83. The van der Waals surface area contributed by atoms with Gasteiger partial charge in [-0.05, 0) is 36.2 Å². The summed E-state index contributed by atoms with van der Waals surface area (Å²) in [6, 6.07) is 8.62. The Balaban J connectivity index is 1.68. The highest BCUT2D eigenvalue weighted by atomic mass is 35.5. The van der Waals surface area contributed by atoms with Crippen molar-refractivity contribution in [2.24, 2.45) is 5.73 Å². The van der Waals surface area contributed by atoms with Crippen LogP contribution in [0.2, 0.25) is 10.0 Å². The Labute approximate surface area is 164 Å². The number of imidazole rings is 1. The van der Waals surface area contributed by atoms with E-state index < -0.39 is 0 Å². The summed E-state index contributed by atoms with van der Waals surface area (Å²) in [5.74, 6) is 0.146. The molecule has 6 N–H and O–H groups in total. The predicted molar refractivity (Wildman–Crippen MR) is 107 cm³/mol. The molecule has 0 saturated heterocycles. The average molecular weight is 410 g/mol. The Bertz CT molecular complexity index is 924. The highest BCUT2D eigenvalue weighted by molar-refractivity contribution is 7.17. The highest BCUT2D eigenvalue weighted by Gasteiger charge is 2.17. The summed E-state index contributed by atoms with van der Waals surface area (Å²) < 4.78 is 0. The van der Waals surface area contributed by atoms with E-state index in [0.717, 1.165) is 10.4 Å². The van der Waals surface area contributed by atoms with E-state index in [-0.39, 0.29) is 11.9 Å². The van der Waals surface area contributed by atoms with Gasteiger partial charge in [0.2, 0.25) is 0 Å². The number of H-pyrrole nitrogens is 1. The number of carbonyl (C=O) groups is 1. The van der Waals surface area contributed by atoms with Gasteiger partial charge in [0.05, 0.1) is 9.75 Å². The number of benzene rings is 1. The molecule has 1 amide bonds. The van der Waals surface area contributed by atoms with E-state index in [1.165, 1.54) is 11.3 Å². The Morgan fingerprint density at radius 3 is 2.77 bits per heavy atom. The molecule has 0 saturated carbocycles. The van der Waals surface area contributed by atoms with Crippen molar-refractivity contribution in [3.05, 3.63) is 57.0 Å². The van der Waals surface area contributed by atoms with E-state index in [9.17, 15) is 4.79 Å². The molecule has 0 aliphatic heterocycles. The predicted octanol–water partition coefficient (Wildman–Crippen LogP) is 3.33. The van der Waals surface area contributed by atoms with Crippen LogP contribution in [0.3, 0.4) is 0 Å². The van der Waals surface area contributed by atoms with E-state index in [1.807, 2.05) is 12.1 Å². The van der Waals surface area contributed by atoms with Gasteiger partial charge in [0.25, 0.3) is 5.91 Å². The number of carbonyl (C=O) groups excluding carboxylic acids is 1. The molecule has 0 radical (unpaired) electrons. The van der Waals surface area contributed by atoms with Gasteiger partial charge in [-0.15, -0.1) is 11.3 Å². The molecule has 6 nitrogen and oxygen atoms in total. The van der Waals surface area contributed by atoms with Gasteiger partial charge >= 0.3 is 0 Å². The number of rotatable bonds is 6. The van der Waals surface area contributed by atoms with Crippen molar-refractivity contribution < 1.29 is 4.79 Å². The van der Waals surface area contributed by atoms with E-state index in [2.05, 4.69) is 15.3 Å². The van der Waals surface area contributed by atoms with Gasteiger partial charge in [0.1, 0.15) is 5.69 Å². The molecule has 0 bridgehead atoms. The summed E-state index contributed by atoms with van der Waals surface area (Å²) in [5, 5.41) is 4.07. The molecule has 0 spiro atoms. The van der Waals surface area contributed by atoms with Crippen molar-refractivity contribution in [3.63, 3.8) is 0 Å². The second kappa shape index (κ2) is 8.09. The number of thiophene rings is 1. The summed E-state index contributed by atoms with van der Waals surface area (Å²) >= 11 is 13.5. The smallest absolute Gasteiger partial charge is 0.261 e. The third-order valence-corrected chi connectivity index (χ3v) is 5.47. The number of halogens is 2. The third kappa shape index (κ3) is 4.37. The van der Waals surface area contributed by atoms with Gasteiger partial charge in [-0.25, -0.2) is 4.98 Å². The first-order valence-corrected chi connectivity index (χ1v) is 9.39. The molecular formula is C17H17Cl2N5OS. The lowest BCUT2D eigenvalue weighted by molar-refractivity contribution is 0.0942. The van der Waals surface area contributed by atoms with Crippen molar-refractivity contribution in [2.75, 3.05) is 12.3 Å². The first kappa shape index (κ1) is 18.7. The van der Waals surface area contributed by atoms with E-state index in [1.54, 1.807) is 24.4 Å². The quantitative estimate of drug-likeness (QED) is 0.500. The maximum absolute atomic E-state index is 12.5. The van der Waals surface area contributed by atoms with E-state index in [4.69, 9.17) is 34.7 Å². The second-order valence-electron chi connectivity index (χ2n) is 5.68. The van der Waals surface area contributed by atoms with Gasteiger partial charge < -0.3 is 21.8 Å². The summed E-state index contributed by atoms with van der Waals surface area (Å²) in [4.78, 5) is 20.9. The molecule has 2 heterocycles. The number of aromatic nitrogens is 2. The molecule has 3 aromatic rings. The zero-order chi connectivity index (χ0) is 18.7. The molecule has 136 valence electrons. The van der Waals surface area contributed by atoms with Crippen LogP contribution in [0.25, 0.3) is 10.6 Å². The van der Waals surface area contributed by atoms with Crippen LogP contribution >= 0.6 is 34.5 Å². The normalized spacial score (nSPS) is 12.1. The number of aromatic amines is 1. The monoisotopic (exact) mass is 409 g/mol. The number of amides is 1. The van der Waals surface area contributed by atoms with Crippen molar-refractivity contribution in [3.8, 4) is 10.6 Å². The Hall–Kier alpha value is -2.06. The number of nitrogens with zero attached hydrogens (tertiary/aromatic N) is 1. The SMILES string of the molecule is NCC(Cc1ccc(Cl)cc1Cl)NC(=O)c1ccc(-c2c[nH]c(N)n2)s1. The van der Waals surface area contributed by atoms with Crippen molar-refractivity contribution >= 4 is 46.4 Å². The third-order valence-electron chi connectivity index (χ3n) is 3.78. The van der Waals surface area contributed by atoms with Crippen LogP contribution in [0.5, 0.6) is 0 Å². The largest absolute Gasteiger partial charge is 0.369 e. The van der Waals surface area contributed by atoms with Gasteiger partial charge in [-0.1, -0.05) is 29.3 Å². The Morgan fingerprint density at radius 1 is 1.31 bits per heavy atom. The first-order valence-electron chi connectivity index (χ1n) is 7.82. The fourth-order valence-corrected chi connectivity index (χ4v) is 3.82. The molecule has 3 rings (SSSR count). The molecule has 1 unspecified atom stereocenters. The summed E-state index contributed by atoms with van der Waals surface area (Å²) in [5.41, 5.74) is 13.0. The molecule has 2 aromatic heterocycles. The van der Waals surface area contributed by atoms with Crippen LogP contribution in [-0.2, 0) is 6.42 Å². The minimum Gasteiger partial charge on any atom is -0.369 e. The standard InChI is InChI=1S/C17H17Cl2N5OS/c18-10-2-1-9(12(19)6-10)5-11(7-20)23-16(25)15-4-3-14(26-15)13-8-22-17(21)24-13/h1-4,6,8,11H,5,7,20H2,(H,23,25)(H3,21,22,24). The van der Waals surface area contributed by atoms with Gasteiger partial charge in [-0.3, -0.25) is 4.79 Å². The minimum atomic E-state index is -0.243. The fraction of sp³-hybridized carbons (Fsp3) is 0.176. The van der Waals surface area contributed by atoms with Crippen molar-refractivity contribution in [2.45, 2.75) is 12.5 Å². The number of hydrogen-bond donors (Lipinski definition) is 4. The van der Waals surface area contributed by atoms with Crippen LogP contribution in [0.1, 0.15) is 15.2 Å². The van der Waals surface area contributed by atoms with Crippen LogP contribution in [-0.4, -0.2) is 28.5 Å². The van der Waals surface area contributed by atoms with Gasteiger partial charge in [-0.2, -0.15) is 0 Å². The topological polar surface area (TPSA) is 110 Å². The molecule has 26 heavy (non-hydrogen) atoms. The van der Waals surface area contributed by atoms with Crippen molar-refractivity contribution in [1.29, 1.82) is 0 Å². The first-order chi connectivity index (χ1) is 12.5. The molecule has 0 fully saturated rings.